The van der Waals surface area contributed by atoms with Crippen LogP contribution in [-0.2, 0) is 11.2 Å². The summed E-state index contributed by atoms with van der Waals surface area (Å²) in [5, 5.41) is 2.78. The van der Waals surface area contributed by atoms with Crippen molar-refractivity contribution in [3.05, 3.63) is 48.0 Å². The second-order valence-corrected chi connectivity index (χ2v) is 6.41. The first kappa shape index (κ1) is 11.1. The van der Waals surface area contributed by atoms with Gasteiger partial charge < -0.3 is 4.55 Å². The monoisotopic (exact) mass is 244 g/mol. The van der Waals surface area contributed by atoms with E-state index in [2.05, 4.69) is 42.5 Å². The molecule has 0 radical (unpaired) electrons. The average Bonchev–Trinajstić information content (AvgIpc) is 2.39. The first-order valence-electron chi connectivity index (χ1n) is 6.20. The highest BCUT2D eigenvalue weighted by atomic mass is 32.2. The van der Waals surface area contributed by atoms with Gasteiger partial charge in [0, 0.05) is 5.56 Å². The second kappa shape index (κ2) is 4.71. The Bertz CT molecular complexity index is 523. The number of hydrogen-bond donors (Lipinski definition) is 0. The Morgan fingerprint density at radius 1 is 1.00 bits per heavy atom. The molecule has 0 aromatic heterocycles. The third-order valence-corrected chi connectivity index (χ3v) is 5.36. The third-order valence-electron chi connectivity index (χ3n) is 3.52. The molecule has 88 valence electrons. The molecular weight excluding hydrogens is 228 g/mol. The van der Waals surface area contributed by atoms with Crippen molar-refractivity contribution < 1.29 is 4.55 Å². The molecule has 2 aromatic rings. The van der Waals surface area contributed by atoms with Crippen LogP contribution in [0.2, 0.25) is 0 Å². The Balaban J connectivity index is 1.99. The Morgan fingerprint density at radius 2 is 1.82 bits per heavy atom. The molecule has 1 heterocycles. The summed E-state index contributed by atoms with van der Waals surface area (Å²) in [6.45, 7) is 0. The number of rotatable bonds is 1. The summed E-state index contributed by atoms with van der Waals surface area (Å²) in [6, 6.07) is 14.9. The largest absolute Gasteiger partial charge is 0.616 e. The maximum Gasteiger partial charge on any atom is 0.140 e. The maximum absolute atomic E-state index is 12.0. The van der Waals surface area contributed by atoms with Crippen LogP contribution in [0.5, 0.6) is 0 Å². The molecule has 3 rings (SSSR count). The molecule has 1 aliphatic rings. The van der Waals surface area contributed by atoms with Crippen LogP contribution in [0.3, 0.4) is 0 Å². The summed E-state index contributed by atoms with van der Waals surface area (Å²) in [5.74, 6) is 0.873. The van der Waals surface area contributed by atoms with E-state index in [9.17, 15) is 4.55 Å². The van der Waals surface area contributed by atoms with Crippen molar-refractivity contribution in [3.63, 3.8) is 0 Å². The topological polar surface area (TPSA) is 23.1 Å². The Kier molecular flexibility index (Phi) is 3.08. The summed E-state index contributed by atoms with van der Waals surface area (Å²) in [7, 11) is 0. The van der Waals surface area contributed by atoms with E-state index in [1.54, 1.807) is 0 Å². The lowest BCUT2D eigenvalue weighted by Crippen LogP contribution is -2.21. The predicted molar refractivity (Wildman–Crippen MR) is 73.5 cm³/mol. The molecule has 1 fully saturated rings. The van der Waals surface area contributed by atoms with Crippen LogP contribution in [0.15, 0.2) is 42.5 Å². The zero-order valence-corrected chi connectivity index (χ0v) is 10.6. The summed E-state index contributed by atoms with van der Waals surface area (Å²) in [5.41, 5.74) is 1.25. The zero-order chi connectivity index (χ0) is 11.7. The van der Waals surface area contributed by atoms with E-state index in [0.717, 1.165) is 18.6 Å². The summed E-state index contributed by atoms with van der Waals surface area (Å²) < 4.78 is 12.0. The van der Waals surface area contributed by atoms with E-state index in [1.165, 1.54) is 22.8 Å². The Morgan fingerprint density at radius 3 is 2.65 bits per heavy atom. The van der Waals surface area contributed by atoms with E-state index >= 15 is 0 Å². The van der Waals surface area contributed by atoms with Gasteiger partial charge in [0.2, 0.25) is 0 Å². The Hall–Kier alpha value is -0.990. The van der Waals surface area contributed by atoms with Gasteiger partial charge in [-0.15, -0.1) is 0 Å². The van der Waals surface area contributed by atoms with Crippen molar-refractivity contribution in [1.29, 1.82) is 0 Å². The molecule has 0 aliphatic carbocycles. The van der Waals surface area contributed by atoms with Crippen LogP contribution in [0.1, 0.15) is 30.1 Å². The molecular formula is C15H16OS. The minimum atomic E-state index is -0.672. The second-order valence-electron chi connectivity index (χ2n) is 4.68. The van der Waals surface area contributed by atoms with Gasteiger partial charge in [-0.3, -0.25) is 0 Å². The van der Waals surface area contributed by atoms with Gasteiger partial charge in [0.05, 0.1) is 0 Å². The predicted octanol–water partition coefficient (Wildman–Crippen LogP) is 3.81. The van der Waals surface area contributed by atoms with E-state index in [0.29, 0.717) is 0 Å². The highest BCUT2D eigenvalue weighted by Crippen LogP contribution is 2.34. The number of hydrogen-bond acceptors (Lipinski definition) is 1. The van der Waals surface area contributed by atoms with Gasteiger partial charge in [0.25, 0.3) is 0 Å². The van der Waals surface area contributed by atoms with Crippen molar-refractivity contribution in [2.45, 2.75) is 24.5 Å². The highest BCUT2D eigenvalue weighted by Gasteiger charge is 2.27. The molecule has 1 saturated heterocycles. The van der Waals surface area contributed by atoms with E-state index in [1.807, 2.05) is 0 Å². The van der Waals surface area contributed by atoms with E-state index in [-0.39, 0.29) is 5.25 Å². The molecule has 0 bridgehead atoms. The molecule has 0 spiro atoms. The molecule has 0 saturated carbocycles. The van der Waals surface area contributed by atoms with Crippen LogP contribution in [0.4, 0.5) is 0 Å². The highest BCUT2D eigenvalue weighted by molar-refractivity contribution is 7.91. The molecule has 2 unspecified atom stereocenters. The average molecular weight is 244 g/mol. The molecule has 1 nitrogen and oxygen atoms in total. The first-order chi connectivity index (χ1) is 8.34. The molecule has 2 heteroatoms. The van der Waals surface area contributed by atoms with Crippen LogP contribution in [-0.4, -0.2) is 10.3 Å². The number of fused-ring (bicyclic) bond motifs is 1. The van der Waals surface area contributed by atoms with E-state index < -0.39 is 11.2 Å². The maximum atomic E-state index is 12.0. The fourth-order valence-electron chi connectivity index (χ4n) is 2.57. The van der Waals surface area contributed by atoms with Crippen molar-refractivity contribution in [3.8, 4) is 0 Å². The van der Waals surface area contributed by atoms with Gasteiger partial charge in [0.1, 0.15) is 11.0 Å². The first-order valence-corrected chi connectivity index (χ1v) is 7.59. The van der Waals surface area contributed by atoms with Crippen LogP contribution in [0, 0.1) is 0 Å². The lowest BCUT2D eigenvalue weighted by atomic mass is 10.0. The van der Waals surface area contributed by atoms with Crippen LogP contribution >= 0.6 is 0 Å². The van der Waals surface area contributed by atoms with Crippen molar-refractivity contribution in [2.24, 2.45) is 0 Å². The zero-order valence-electron chi connectivity index (χ0n) is 9.76. The molecule has 2 atom stereocenters. The van der Waals surface area contributed by atoms with Crippen molar-refractivity contribution in [2.75, 3.05) is 5.75 Å². The van der Waals surface area contributed by atoms with Gasteiger partial charge in [-0.25, -0.2) is 0 Å². The van der Waals surface area contributed by atoms with Crippen LogP contribution in [0.25, 0.3) is 10.8 Å². The van der Waals surface area contributed by atoms with Crippen molar-refractivity contribution in [1.82, 2.24) is 0 Å². The molecule has 1 aliphatic heterocycles. The fraction of sp³-hybridized carbons (Fsp3) is 0.333. The van der Waals surface area contributed by atoms with Gasteiger partial charge in [-0.1, -0.05) is 36.4 Å². The number of benzene rings is 2. The quantitative estimate of drug-likeness (QED) is 0.699. The van der Waals surface area contributed by atoms with Gasteiger partial charge in [-0.05, 0) is 47.3 Å². The standard InChI is InChI=1S/C15H16OS/c16-17-10-4-3-7-15(17)14-9-8-12-5-1-2-6-13(12)11-14/h1-2,5-6,8-9,11,15H,3-4,7,10H2. The third kappa shape index (κ3) is 2.20. The lowest BCUT2D eigenvalue weighted by Gasteiger charge is -2.26. The normalized spacial score (nSPS) is 25.0. The Labute approximate surface area is 105 Å². The van der Waals surface area contributed by atoms with Gasteiger partial charge in [-0.2, -0.15) is 0 Å². The van der Waals surface area contributed by atoms with Gasteiger partial charge in [0.15, 0.2) is 0 Å². The SMILES string of the molecule is [O-][S+]1CCCCC1c1ccc2ccccc2c1. The molecule has 0 amide bonds. The lowest BCUT2D eigenvalue weighted by molar-refractivity contribution is 0.545. The minimum Gasteiger partial charge on any atom is -0.616 e. The molecule has 17 heavy (non-hydrogen) atoms. The van der Waals surface area contributed by atoms with E-state index in [4.69, 9.17) is 0 Å². The molecule has 0 N–H and O–H groups in total. The van der Waals surface area contributed by atoms with Crippen LogP contribution < -0.4 is 0 Å². The minimum absolute atomic E-state index is 0.258. The summed E-state index contributed by atoms with van der Waals surface area (Å²) >= 11 is -0.672. The fourth-order valence-corrected chi connectivity index (χ4v) is 4.23. The summed E-state index contributed by atoms with van der Waals surface area (Å²) in [6.07, 6.45) is 3.41. The van der Waals surface area contributed by atoms with Crippen molar-refractivity contribution >= 4 is 21.9 Å². The summed E-state index contributed by atoms with van der Waals surface area (Å²) in [4.78, 5) is 0. The van der Waals surface area contributed by atoms with Gasteiger partial charge >= 0.3 is 0 Å². The smallest absolute Gasteiger partial charge is 0.140 e. The molecule has 2 aromatic carbocycles.